The predicted molar refractivity (Wildman–Crippen MR) is 203 cm³/mol. The Morgan fingerprint density at radius 2 is 1.54 bits per heavy atom. The molecule has 8 atom stereocenters. The van der Waals surface area contributed by atoms with Gasteiger partial charge in [0, 0.05) is 25.2 Å². The zero-order chi connectivity index (χ0) is 34.6. The van der Waals surface area contributed by atoms with Crippen molar-refractivity contribution in [3.8, 4) is 0 Å². The van der Waals surface area contributed by atoms with Crippen LogP contribution in [0.2, 0.25) is 0 Å². The number of hydrogen-bond acceptors (Lipinski definition) is 3. The maximum absolute atomic E-state index is 12.8. The van der Waals surface area contributed by atoms with Gasteiger partial charge in [0.25, 0.3) is 0 Å². The van der Waals surface area contributed by atoms with Crippen LogP contribution in [0.15, 0.2) is 48.1 Å². The quantitative estimate of drug-likeness (QED) is 0.0786. The van der Waals surface area contributed by atoms with E-state index in [1.807, 2.05) is 13.8 Å². The van der Waals surface area contributed by atoms with Gasteiger partial charge in [-0.3, -0.25) is 9.59 Å². The van der Waals surface area contributed by atoms with Crippen LogP contribution in [0.1, 0.15) is 170 Å². The lowest BCUT2D eigenvalue weighted by molar-refractivity contribution is -0.151. The van der Waals surface area contributed by atoms with Crippen LogP contribution in [0.4, 0.5) is 0 Å². The number of hydrogen-bond donors (Lipinski definition) is 0. The highest BCUT2D eigenvalue weighted by Gasteiger charge is 2.59. The highest BCUT2D eigenvalue weighted by molar-refractivity contribution is 5.80. The average Bonchev–Trinajstić information content (AvgIpc) is 3.42. The third-order valence-electron chi connectivity index (χ3n) is 13.6. The fourth-order valence-corrected chi connectivity index (χ4v) is 10.7. The molecule has 0 bridgehead atoms. The van der Waals surface area contributed by atoms with Crippen molar-refractivity contribution in [3.05, 3.63) is 48.1 Å². The molecule has 48 heavy (non-hydrogen) atoms. The van der Waals surface area contributed by atoms with Gasteiger partial charge in [-0.25, -0.2) is 0 Å². The molecule has 4 aliphatic rings. The lowest BCUT2D eigenvalue weighted by Crippen LogP contribution is -2.51. The highest BCUT2D eigenvalue weighted by atomic mass is 16.5. The van der Waals surface area contributed by atoms with Crippen molar-refractivity contribution in [1.82, 2.24) is 0 Å². The van der Waals surface area contributed by atoms with E-state index < -0.39 is 0 Å². The molecule has 0 aromatic carbocycles. The van der Waals surface area contributed by atoms with E-state index in [4.69, 9.17) is 4.74 Å². The highest BCUT2D eigenvalue weighted by Crippen LogP contribution is 2.67. The minimum absolute atomic E-state index is 0.0220. The lowest BCUT2D eigenvalue weighted by atomic mass is 9.47. The molecule has 0 aliphatic heterocycles. The molecule has 0 spiro atoms. The molecule has 0 radical (unpaired) electrons. The molecule has 4 aliphatic carbocycles. The average molecular weight is 661 g/mol. The van der Waals surface area contributed by atoms with Gasteiger partial charge in [-0.1, -0.05) is 109 Å². The molecule has 8 unspecified atom stereocenters. The van der Waals surface area contributed by atoms with Crippen molar-refractivity contribution in [2.24, 2.45) is 46.3 Å². The minimum Gasteiger partial charge on any atom is -0.462 e. The number of carbonyl (C=O) groups is 2. The van der Waals surface area contributed by atoms with Crippen molar-refractivity contribution in [1.29, 1.82) is 0 Å². The van der Waals surface area contributed by atoms with E-state index in [1.54, 1.807) is 5.57 Å². The van der Waals surface area contributed by atoms with Gasteiger partial charge in [-0.2, -0.15) is 0 Å². The summed E-state index contributed by atoms with van der Waals surface area (Å²) in [6, 6.07) is 0. The first-order valence-corrected chi connectivity index (χ1v) is 20.5. The molecule has 3 fully saturated rings. The molecular formula is C45H72O3. The van der Waals surface area contributed by atoms with Crippen LogP contribution in [0.5, 0.6) is 0 Å². The zero-order valence-electron chi connectivity index (χ0n) is 31.9. The van der Waals surface area contributed by atoms with Gasteiger partial charge >= 0.3 is 5.97 Å². The lowest BCUT2D eigenvalue weighted by Gasteiger charge is -2.58. The summed E-state index contributed by atoms with van der Waals surface area (Å²) in [6.45, 7) is 13.9. The summed E-state index contributed by atoms with van der Waals surface area (Å²) >= 11 is 0. The van der Waals surface area contributed by atoms with E-state index in [2.05, 4.69) is 70.2 Å². The summed E-state index contributed by atoms with van der Waals surface area (Å²) in [6.07, 6.45) is 38.5. The van der Waals surface area contributed by atoms with Gasteiger partial charge in [0.2, 0.25) is 0 Å². The number of unbranched alkanes of at least 4 members (excludes halogenated alkanes) is 5. The van der Waals surface area contributed by atoms with Gasteiger partial charge in [-0.15, -0.1) is 0 Å². The molecule has 3 heteroatoms. The fraction of sp³-hybridized carbons (Fsp3) is 0.778. The molecule has 270 valence electrons. The molecule has 0 N–H and O–H groups in total. The third-order valence-corrected chi connectivity index (χ3v) is 13.6. The number of rotatable bonds is 19. The molecular weight excluding hydrogens is 588 g/mol. The van der Waals surface area contributed by atoms with Crippen LogP contribution < -0.4 is 0 Å². The standard InChI is InChI=1S/C45H72O3/c1-7-8-9-10-11-12-13-14-15-16-17-18-19-20-21-22-43(47)48-37-29-31-44(5)36(33-37)24-25-38-40-27-26-39(45(40,6)32-30-41(38)44)35(4)23-28-42(46)34(2)3/h8-9,11-12,14-15,24,34-35,37-41H,7,10,13,16-23,25-33H2,1-6H3/b9-8-,12-11-,15-14-. The number of fused-ring (bicyclic) bond motifs is 5. The Bertz CT molecular complexity index is 1140. The molecule has 0 aromatic rings. The smallest absolute Gasteiger partial charge is 0.306 e. The van der Waals surface area contributed by atoms with Gasteiger partial charge in [-0.05, 0) is 130 Å². The second-order valence-corrected chi connectivity index (χ2v) is 17.1. The third kappa shape index (κ3) is 10.1. The van der Waals surface area contributed by atoms with Crippen LogP contribution in [0.3, 0.4) is 0 Å². The van der Waals surface area contributed by atoms with E-state index >= 15 is 0 Å². The van der Waals surface area contributed by atoms with Gasteiger partial charge in [0.05, 0.1) is 0 Å². The SMILES string of the molecule is CC/C=C\C/C=C\C/C=C\CCCCCCCC(=O)OC1CCC2(C)C(=CCC3C2CCC2(C)C(C(C)CCC(=O)C(C)C)CCC32)C1. The Hall–Kier alpha value is -1.90. The number of Topliss-reactive ketones (excluding diaryl/α,β-unsaturated/α-hetero) is 1. The van der Waals surface area contributed by atoms with E-state index in [0.29, 0.717) is 23.5 Å². The summed E-state index contributed by atoms with van der Waals surface area (Å²) < 4.78 is 6.10. The number of carbonyl (C=O) groups excluding carboxylic acids is 2. The van der Waals surface area contributed by atoms with Crippen molar-refractivity contribution < 1.29 is 14.3 Å². The summed E-state index contributed by atoms with van der Waals surface area (Å²) in [4.78, 5) is 25.2. The maximum atomic E-state index is 12.8. The first-order chi connectivity index (χ1) is 23.1. The first kappa shape index (κ1) is 38.9. The van der Waals surface area contributed by atoms with Crippen LogP contribution in [-0.4, -0.2) is 17.9 Å². The molecule has 0 heterocycles. The van der Waals surface area contributed by atoms with E-state index in [0.717, 1.165) is 87.9 Å². The van der Waals surface area contributed by atoms with Gasteiger partial charge in [0.15, 0.2) is 0 Å². The molecule has 0 saturated heterocycles. The Balaban J connectivity index is 1.14. The molecule has 4 rings (SSSR count). The summed E-state index contributed by atoms with van der Waals surface area (Å²) in [5, 5.41) is 0. The molecule has 3 saturated carbocycles. The second-order valence-electron chi connectivity index (χ2n) is 17.1. The van der Waals surface area contributed by atoms with Crippen molar-refractivity contribution in [3.63, 3.8) is 0 Å². The second kappa shape index (κ2) is 18.9. The van der Waals surface area contributed by atoms with Gasteiger partial charge in [0.1, 0.15) is 11.9 Å². The topological polar surface area (TPSA) is 43.4 Å². The normalized spacial score (nSPS) is 32.4. The maximum Gasteiger partial charge on any atom is 0.306 e. The Kier molecular flexibility index (Phi) is 15.3. The van der Waals surface area contributed by atoms with Crippen LogP contribution in [-0.2, 0) is 14.3 Å². The Labute approximate surface area is 295 Å². The van der Waals surface area contributed by atoms with Crippen molar-refractivity contribution >= 4 is 11.8 Å². The fourth-order valence-electron chi connectivity index (χ4n) is 10.7. The molecule has 3 nitrogen and oxygen atoms in total. The van der Waals surface area contributed by atoms with Crippen molar-refractivity contribution in [2.45, 2.75) is 176 Å². The summed E-state index contributed by atoms with van der Waals surface area (Å²) in [5.41, 5.74) is 2.30. The van der Waals surface area contributed by atoms with Crippen molar-refractivity contribution in [2.75, 3.05) is 0 Å². The van der Waals surface area contributed by atoms with Crippen LogP contribution in [0, 0.1) is 46.3 Å². The first-order valence-electron chi connectivity index (χ1n) is 20.5. The largest absolute Gasteiger partial charge is 0.462 e. The molecule has 0 amide bonds. The number of ether oxygens (including phenoxy) is 1. The zero-order valence-corrected chi connectivity index (χ0v) is 31.9. The Morgan fingerprint density at radius 3 is 2.29 bits per heavy atom. The van der Waals surface area contributed by atoms with E-state index in [-0.39, 0.29) is 23.4 Å². The van der Waals surface area contributed by atoms with Crippen LogP contribution in [0.25, 0.3) is 0 Å². The number of esters is 1. The predicted octanol–water partition coefficient (Wildman–Crippen LogP) is 12.7. The number of allylic oxidation sites excluding steroid dienone is 7. The Morgan fingerprint density at radius 1 is 0.833 bits per heavy atom. The monoisotopic (exact) mass is 661 g/mol. The number of ketones is 1. The molecule has 0 aromatic heterocycles. The summed E-state index contributed by atoms with van der Waals surface area (Å²) in [5.74, 6) is 4.40. The van der Waals surface area contributed by atoms with Gasteiger partial charge < -0.3 is 4.74 Å². The minimum atomic E-state index is 0.0220. The van der Waals surface area contributed by atoms with E-state index in [1.165, 1.54) is 57.8 Å². The van der Waals surface area contributed by atoms with E-state index in [9.17, 15) is 9.59 Å². The summed E-state index contributed by atoms with van der Waals surface area (Å²) in [7, 11) is 0. The van der Waals surface area contributed by atoms with Crippen LogP contribution >= 0.6 is 0 Å².